The first-order chi connectivity index (χ1) is 16.9. The summed E-state index contributed by atoms with van der Waals surface area (Å²) in [6.45, 7) is 2.21. The summed E-state index contributed by atoms with van der Waals surface area (Å²) in [5, 5.41) is 4.98. The lowest BCUT2D eigenvalue weighted by molar-refractivity contribution is -0.123. The van der Waals surface area contributed by atoms with Crippen molar-refractivity contribution in [3.63, 3.8) is 0 Å². The van der Waals surface area contributed by atoms with Crippen molar-refractivity contribution in [1.29, 1.82) is 0 Å². The molecule has 2 aromatic heterocycles. The van der Waals surface area contributed by atoms with Gasteiger partial charge in [-0.05, 0) is 54.9 Å². The number of hydrogen-bond acceptors (Lipinski definition) is 8. The number of benzene rings is 1. The highest BCUT2D eigenvalue weighted by Crippen LogP contribution is 2.39. The van der Waals surface area contributed by atoms with Gasteiger partial charge in [-0.15, -0.1) is 11.3 Å². The van der Waals surface area contributed by atoms with E-state index in [2.05, 4.69) is 9.69 Å². The molecule has 0 spiro atoms. The number of nitrogens with zero attached hydrogens (tertiary/aromatic N) is 2. The summed E-state index contributed by atoms with van der Waals surface area (Å²) in [6.07, 6.45) is 3.90. The lowest BCUT2D eigenvalue weighted by Gasteiger charge is -2.32. The molecule has 1 saturated carbocycles. The molecule has 1 atom stereocenters. The molecule has 0 bridgehead atoms. The van der Waals surface area contributed by atoms with Gasteiger partial charge < -0.3 is 21.5 Å². The number of carbonyl (C=O) groups excluding carboxylic acids is 3. The minimum Gasteiger partial charge on any atom is -0.492 e. The number of para-hydroxylation sites is 2. The fraction of sp³-hybridized carbons (Fsp3) is 0.333. The zero-order valence-corrected chi connectivity index (χ0v) is 20.9. The Hall–Kier alpha value is -3.44. The van der Waals surface area contributed by atoms with E-state index in [9.17, 15) is 14.4 Å². The van der Waals surface area contributed by atoms with Gasteiger partial charge >= 0.3 is 0 Å². The molecule has 2 heterocycles. The van der Waals surface area contributed by atoms with Crippen LogP contribution in [0.15, 0.2) is 41.8 Å². The Bertz CT molecular complexity index is 1200. The largest absolute Gasteiger partial charge is 0.492 e. The van der Waals surface area contributed by atoms with Crippen molar-refractivity contribution in [2.24, 2.45) is 5.73 Å². The van der Waals surface area contributed by atoms with Gasteiger partial charge in [0.1, 0.15) is 10.6 Å². The number of ether oxygens (including phenoxy) is 1. The van der Waals surface area contributed by atoms with Crippen LogP contribution in [0.5, 0.6) is 5.75 Å². The van der Waals surface area contributed by atoms with Crippen LogP contribution in [0.3, 0.4) is 0 Å². The minimum absolute atomic E-state index is 0.0281. The second kappa shape index (κ2) is 10.9. The number of hydrogen-bond donors (Lipinski definition) is 3. The fourth-order valence-electron chi connectivity index (χ4n) is 4.21. The highest BCUT2D eigenvalue weighted by atomic mass is 32.1. The molecule has 5 N–H and O–H groups in total. The van der Waals surface area contributed by atoms with Crippen LogP contribution in [0.4, 0.5) is 11.4 Å². The summed E-state index contributed by atoms with van der Waals surface area (Å²) in [5.74, 6) is -1.25. The summed E-state index contributed by atoms with van der Waals surface area (Å²) in [5.41, 5.74) is 11.6. The Labute approximate surface area is 211 Å². The number of carbonyl (C=O) groups is 3. The average Bonchev–Trinajstić information content (AvgIpc) is 3.60. The highest BCUT2D eigenvalue weighted by molar-refractivity contribution is 7.10. The van der Waals surface area contributed by atoms with Crippen LogP contribution in [0, 0.1) is 0 Å². The maximum atomic E-state index is 14.1. The molecule has 0 saturated heterocycles. The third kappa shape index (κ3) is 5.15. The molecule has 3 amide bonds. The molecule has 1 fully saturated rings. The van der Waals surface area contributed by atoms with E-state index < -0.39 is 17.9 Å². The van der Waals surface area contributed by atoms with Crippen LogP contribution in [-0.4, -0.2) is 34.7 Å². The number of nitrogens with one attached hydrogen (secondary N) is 1. The summed E-state index contributed by atoms with van der Waals surface area (Å²) in [4.78, 5) is 41.7. The molecule has 0 aliphatic heterocycles. The van der Waals surface area contributed by atoms with Gasteiger partial charge in [0, 0.05) is 10.9 Å². The summed E-state index contributed by atoms with van der Waals surface area (Å²) in [6, 6.07) is 9.74. The van der Waals surface area contributed by atoms with Crippen molar-refractivity contribution >= 4 is 52.0 Å². The standard InChI is InChI=1S/C24H27N5O4S2/c1-2-33-16-11-6-5-10-15(16)29(24(32)21-18(25)19(22(26)30)28-35-21)20(17-12-7-13-34-17)23(31)27-14-8-3-4-9-14/h5-7,10-14,20H,2-4,8-9,25H2,1H3,(H2,26,30)(H,27,31)/t20-/m0/s1. The van der Waals surface area contributed by atoms with Gasteiger partial charge in [0.15, 0.2) is 11.7 Å². The second-order valence-corrected chi connectivity index (χ2v) is 9.87. The predicted molar refractivity (Wildman–Crippen MR) is 137 cm³/mol. The number of nitrogens with two attached hydrogens (primary N) is 2. The maximum Gasteiger partial charge on any atom is 0.273 e. The molecular weight excluding hydrogens is 486 g/mol. The third-order valence-electron chi connectivity index (χ3n) is 5.82. The normalized spacial score (nSPS) is 14.4. The molecular formula is C24H27N5O4S2. The smallest absolute Gasteiger partial charge is 0.273 e. The first kappa shape index (κ1) is 24.7. The van der Waals surface area contributed by atoms with Crippen LogP contribution >= 0.6 is 22.9 Å². The molecule has 9 nitrogen and oxygen atoms in total. The average molecular weight is 514 g/mol. The maximum absolute atomic E-state index is 14.1. The number of aromatic nitrogens is 1. The fourth-order valence-corrected chi connectivity index (χ4v) is 5.76. The zero-order chi connectivity index (χ0) is 24.9. The van der Waals surface area contributed by atoms with Gasteiger partial charge in [-0.3, -0.25) is 19.3 Å². The third-order valence-corrected chi connectivity index (χ3v) is 7.60. The summed E-state index contributed by atoms with van der Waals surface area (Å²) < 4.78 is 9.81. The molecule has 4 rings (SSSR count). The number of nitrogen functional groups attached to an aromatic ring is 1. The van der Waals surface area contributed by atoms with E-state index in [1.807, 2.05) is 24.4 Å². The van der Waals surface area contributed by atoms with Crippen LogP contribution in [0.2, 0.25) is 0 Å². The van der Waals surface area contributed by atoms with E-state index >= 15 is 0 Å². The van der Waals surface area contributed by atoms with Crippen molar-refractivity contribution in [2.75, 3.05) is 17.2 Å². The Morgan fingerprint density at radius 1 is 1.20 bits per heavy atom. The van der Waals surface area contributed by atoms with Gasteiger partial charge in [0.25, 0.3) is 11.8 Å². The number of amides is 3. The summed E-state index contributed by atoms with van der Waals surface area (Å²) >= 11 is 2.15. The minimum atomic E-state index is -0.983. The molecule has 1 aliphatic carbocycles. The quantitative estimate of drug-likeness (QED) is 0.398. The second-order valence-electron chi connectivity index (χ2n) is 8.12. The first-order valence-corrected chi connectivity index (χ1v) is 13.0. The Morgan fingerprint density at radius 3 is 2.57 bits per heavy atom. The van der Waals surface area contributed by atoms with Crippen LogP contribution in [0.25, 0.3) is 0 Å². The van der Waals surface area contributed by atoms with E-state index in [0.717, 1.165) is 37.2 Å². The van der Waals surface area contributed by atoms with Gasteiger partial charge in [-0.1, -0.05) is 31.0 Å². The van der Waals surface area contributed by atoms with Crippen LogP contribution in [-0.2, 0) is 4.79 Å². The lowest BCUT2D eigenvalue weighted by atomic mass is 10.1. The molecule has 3 aromatic rings. The van der Waals surface area contributed by atoms with E-state index in [1.54, 1.807) is 24.3 Å². The lowest BCUT2D eigenvalue weighted by Crippen LogP contribution is -2.46. The monoisotopic (exact) mass is 513 g/mol. The van der Waals surface area contributed by atoms with Crippen LogP contribution < -0.4 is 26.4 Å². The Morgan fingerprint density at radius 2 is 1.94 bits per heavy atom. The van der Waals surface area contributed by atoms with Gasteiger partial charge in [-0.25, -0.2) is 0 Å². The van der Waals surface area contributed by atoms with Gasteiger partial charge in [0.2, 0.25) is 5.91 Å². The molecule has 1 aliphatic rings. The molecule has 184 valence electrons. The van der Waals surface area contributed by atoms with Crippen molar-refractivity contribution in [3.8, 4) is 5.75 Å². The Balaban J connectivity index is 1.85. The number of rotatable bonds is 9. The van der Waals surface area contributed by atoms with Crippen molar-refractivity contribution in [1.82, 2.24) is 9.69 Å². The molecule has 0 unspecified atom stereocenters. The van der Waals surface area contributed by atoms with E-state index in [-0.39, 0.29) is 28.2 Å². The number of anilines is 2. The van der Waals surface area contributed by atoms with Gasteiger partial charge in [0.05, 0.1) is 18.0 Å². The van der Waals surface area contributed by atoms with E-state index in [0.29, 0.717) is 22.9 Å². The predicted octanol–water partition coefficient (Wildman–Crippen LogP) is 3.73. The molecule has 1 aromatic carbocycles. The van der Waals surface area contributed by atoms with Crippen molar-refractivity contribution in [3.05, 3.63) is 57.2 Å². The molecule has 0 radical (unpaired) electrons. The zero-order valence-electron chi connectivity index (χ0n) is 19.2. The molecule has 11 heteroatoms. The first-order valence-electron chi connectivity index (χ1n) is 11.4. The summed E-state index contributed by atoms with van der Waals surface area (Å²) in [7, 11) is 0. The SMILES string of the molecule is CCOc1ccccc1N(C(=O)c1snc(C(N)=O)c1N)[C@H](C(=O)NC1CCCC1)c1cccs1. The number of thiophene rings is 1. The van der Waals surface area contributed by atoms with Crippen molar-refractivity contribution < 1.29 is 19.1 Å². The Kier molecular flexibility index (Phi) is 7.67. The van der Waals surface area contributed by atoms with Crippen LogP contribution in [0.1, 0.15) is 63.7 Å². The van der Waals surface area contributed by atoms with Gasteiger partial charge in [-0.2, -0.15) is 4.37 Å². The van der Waals surface area contributed by atoms with E-state index in [4.69, 9.17) is 16.2 Å². The topological polar surface area (TPSA) is 141 Å². The van der Waals surface area contributed by atoms with Crippen molar-refractivity contribution in [2.45, 2.75) is 44.7 Å². The number of primary amides is 1. The molecule has 35 heavy (non-hydrogen) atoms. The highest BCUT2D eigenvalue weighted by Gasteiger charge is 2.38. The van der Waals surface area contributed by atoms with E-state index in [1.165, 1.54) is 16.2 Å².